The summed E-state index contributed by atoms with van der Waals surface area (Å²) in [5.74, 6) is 1.75. The number of piperidine rings is 1. The molecule has 2 aliphatic rings. The first-order valence-corrected chi connectivity index (χ1v) is 6.15. The van der Waals surface area contributed by atoms with Gasteiger partial charge in [-0.1, -0.05) is 0 Å². The number of hydrogen-bond acceptors (Lipinski definition) is 4. The van der Waals surface area contributed by atoms with Crippen LogP contribution in [0.4, 0.5) is 0 Å². The van der Waals surface area contributed by atoms with Crippen molar-refractivity contribution in [2.75, 3.05) is 0 Å². The molecule has 16 heavy (non-hydrogen) atoms. The van der Waals surface area contributed by atoms with E-state index in [1.54, 1.807) is 6.20 Å². The van der Waals surface area contributed by atoms with E-state index >= 15 is 0 Å². The zero-order valence-electron chi connectivity index (χ0n) is 9.72. The third-order valence-electron chi connectivity index (χ3n) is 3.91. The third kappa shape index (κ3) is 1.76. The standard InChI is InChI=1S/C12H19N3O/c1-8-6-14-12(16-8)7-15-10-2-3-11(15)5-9(13)4-10/h6,9-11H,2-5,7,13H2,1H3. The van der Waals surface area contributed by atoms with Gasteiger partial charge in [-0.15, -0.1) is 0 Å². The number of hydrogen-bond donors (Lipinski definition) is 1. The van der Waals surface area contributed by atoms with Gasteiger partial charge in [-0.3, -0.25) is 4.90 Å². The van der Waals surface area contributed by atoms with Crippen LogP contribution in [0.15, 0.2) is 10.6 Å². The number of oxazole rings is 1. The SMILES string of the molecule is Cc1cnc(CN2C3CCC2CC(N)C3)o1. The van der Waals surface area contributed by atoms with Gasteiger partial charge in [0.15, 0.2) is 0 Å². The summed E-state index contributed by atoms with van der Waals surface area (Å²) >= 11 is 0. The highest BCUT2D eigenvalue weighted by molar-refractivity contribution is 4.99. The van der Waals surface area contributed by atoms with E-state index in [0.717, 1.165) is 31.0 Å². The van der Waals surface area contributed by atoms with Gasteiger partial charge in [0, 0.05) is 18.1 Å². The van der Waals surface area contributed by atoms with Gasteiger partial charge in [-0.25, -0.2) is 4.98 Å². The van der Waals surface area contributed by atoms with Gasteiger partial charge in [-0.2, -0.15) is 0 Å². The first kappa shape index (κ1) is 10.3. The summed E-state index contributed by atoms with van der Waals surface area (Å²) in [5.41, 5.74) is 6.05. The third-order valence-corrected chi connectivity index (χ3v) is 3.91. The number of aromatic nitrogens is 1. The van der Waals surface area contributed by atoms with Crippen LogP contribution in [0.2, 0.25) is 0 Å². The normalized spacial score (nSPS) is 34.5. The fourth-order valence-corrected chi connectivity index (χ4v) is 3.21. The molecular formula is C12H19N3O. The van der Waals surface area contributed by atoms with Gasteiger partial charge in [0.25, 0.3) is 0 Å². The molecule has 88 valence electrons. The van der Waals surface area contributed by atoms with Gasteiger partial charge in [0.1, 0.15) is 5.76 Å². The number of rotatable bonds is 2. The molecule has 2 N–H and O–H groups in total. The fourth-order valence-electron chi connectivity index (χ4n) is 3.21. The molecule has 4 heteroatoms. The molecule has 2 bridgehead atoms. The zero-order valence-corrected chi connectivity index (χ0v) is 9.72. The van der Waals surface area contributed by atoms with Crippen molar-refractivity contribution in [1.82, 2.24) is 9.88 Å². The van der Waals surface area contributed by atoms with Crippen molar-refractivity contribution < 1.29 is 4.42 Å². The summed E-state index contributed by atoms with van der Waals surface area (Å²) < 4.78 is 5.55. The first-order chi connectivity index (χ1) is 7.72. The Bertz CT molecular complexity index is 362. The van der Waals surface area contributed by atoms with E-state index in [1.807, 2.05) is 6.92 Å². The summed E-state index contributed by atoms with van der Waals surface area (Å²) in [6.07, 6.45) is 6.65. The molecule has 2 fully saturated rings. The highest BCUT2D eigenvalue weighted by Crippen LogP contribution is 2.35. The van der Waals surface area contributed by atoms with Crippen LogP contribution < -0.4 is 5.73 Å². The van der Waals surface area contributed by atoms with Crippen molar-refractivity contribution in [3.63, 3.8) is 0 Å². The summed E-state index contributed by atoms with van der Waals surface area (Å²) in [4.78, 5) is 6.82. The average Bonchev–Trinajstić information content (AvgIpc) is 2.72. The van der Waals surface area contributed by atoms with E-state index < -0.39 is 0 Å². The van der Waals surface area contributed by atoms with E-state index in [1.165, 1.54) is 12.8 Å². The van der Waals surface area contributed by atoms with Crippen LogP contribution in [0.25, 0.3) is 0 Å². The lowest BCUT2D eigenvalue weighted by Gasteiger charge is -2.36. The Morgan fingerprint density at radius 3 is 2.69 bits per heavy atom. The average molecular weight is 221 g/mol. The Morgan fingerprint density at radius 1 is 1.44 bits per heavy atom. The second-order valence-electron chi connectivity index (χ2n) is 5.15. The van der Waals surface area contributed by atoms with Crippen molar-refractivity contribution in [3.8, 4) is 0 Å². The van der Waals surface area contributed by atoms with Crippen molar-refractivity contribution in [1.29, 1.82) is 0 Å². The molecule has 0 radical (unpaired) electrons. The largest absolute Gasteiger partial charge is 0.445 e. The maximum absolute atomic E-state index is 6.05. The molecule has 0 aromatic carbocycles. The van der Waals surface area contributed by atoms with Crippen LogP contribution >= 0.6 is 0 Å². The Kier molecular flexibility index (Phi) is 2.48. The summed E-state index contributed by atoms with van der Waals surface area (Å²) in [5, 5.41) is 0. The molecule has 1 aromatic rings. The van der Waals surface area contributed by atoms with Crippen molar-refractivity contribution in [3.05, 3.63) is 17.8 Å². The van der Waals surface area contributed by atoms with Crippen LogP contribution in [-0.4, -0.2) is 28.0 Å². The van der Waals surface area contributed by atoms with E-state index in [0.29, 0.717) is 18.1 Å². The summed E-state index contributed by atoms with van der Waals surface area (Å²) in [6, 6.07) is 1.71. The molecule has 2 aliphatic heterocycles. The second-order valence-corrected chi connectivity index (χ2v) is 5.15. The molecule has 4 nitrogen and oxygen atoms in total. The quantitative estimate of drug-likeness (QED) is 0.821. The minimum Gasteiger partial charge on any atom is -0.445 e. The molecule has 3 rings (SSSR count). The lowest BCUT2D eigenvalue weighted by Crippen LogP contribution is -2.46. The van der Waals surface area contributed by atoms with E-state index in [4.69, 9.17) is 10.2 Å². The van der Waals surface area contributed by atoms with E-state index in [-0.39, 0.29) is 0 Å². The predicted octanol–water partition coefficient (Wildman–Crippen LogP) is 1.44. The van der Waals surface area contributed by atoms with E-state index in [9.17, 15) is 0 Å². The maximum Gasteiger partial charge on any atom is 0.208 e. The zero-order chi connectivity index (χ0) is 11.1. The van der Waals surface area contributed by atoms with Crippen LogP contribution in [0.1, 0.15) is 37.3 Å². The van der Waals surface area contributed by atoms with Crippen LogP contribution in [-0.2, 0) is 6.54 Å². The Balaban J connectivity index is 1.72. The molecule has 2 saturated heterocycles. The molecule has 0 aliphatic carbocycles. The highest BCUT2D eigenvalue weighted by atomic mass is 16.4. The first-order valence-electron chi connectivity index (χ1n) is 6.15. The highest BCUT2D eigenvalue weighted by Gasteiger charge is 2.39. The molecule has 0 amide bonds. The Morgan fingerprint density at radius 2 is 2.12 bits per heavy atom. The van der Waals surface area contributed by atoms with Crippen LogP contribution in [0, 0.1) is 6.92 Å². The van der Waals surface area contributed by atoms with Gasteiger partial charge < -0.3 is 10.2 Å². The molecule has 3 heterocycles. The summed E-state index contributed by atoms with van der Waals surface area (Å²) in [7, 11) is 0. The predicted molar refractivity (Wildman–Crippen MR) is 60.8 cm³/mol. The summed E-state index contributed by atoms with van der Waals surface area (Å²) in [6.45, 7) is 2.80. The molecule has 2 unspecified atom stereocenters. The number of fused-ring (bicyclic) bond motifs is 2. The van der Waals surface area contributed by atoms with E-state index in [2.05, 4.69) is 9.88 Å². The molecule has 1 aromatic heterocycles. The molecular weight excluding hydrogens is 202 g/mol. The van der Waals surface area contributed by atoms with Crippen molar-refractivity contribution >= 4 is 0 Å². The Hall–Kier alpha value is -0.870. The molecule has 0 spiro atoms. The fraction of sp³-hybridized carbons (Fsp3) is 0.750. The molecule has 2 atom stereocenters. The van der Waals surface area contributed by atoms with Gasteiger partial charge in [0.05, 0.1) is 12.7 Å². The number of aryl methyl sites for hydroxylation is 1. The van der Waals surface area contributed by atoms with Crippen LogP contribution in [0.5, 0.6) is 0 Å². The second kappa shape index (κ2) is 3.86. The van der Waals surface area contributed by atoms with Crippen molar-refractivity contribution in [2.24, 2.45) is 5.73 Å². The maximum atomic E-state index is 6.05. The molecule has 0 saturated carbocycles. The monoisotopic (exact) mass is 221 g/mol. The van der Waals surface area contributed by atoms with Crippen molar-refractivity contribution in [2.45, 2.75) is 57.3 Å². The van der Waals surface area contributed by atoms with Crippen LogP contribution in [0.3, 0.4) is 0 Å². The van der Waals surface area contributed by atoms with Gasteiger partial charge in [0.2, 0.25) is 5.89 Å². The smallest absolute Gasteiger partial charge is 0.208 e. The van der Waals surface area contributed by atoms with Gasteiger partial charge >= 0.3 is 0 Å². The van der Waals surface area contributed by atoms with Gasteiger partial charge in [-0.05, 0) is 32.6 Å². The topological polar surface area (TPSA) is 55.3 Å². The Labute approximate surface area is 95.8 Å². The lowest BCUT2D eigenvalue weighted by atomic mass is 9.98. The number of nitrogens with two attached hydrogens (primary N) is 1. The number of nitrogens with zero attached hydrogens (tertiary/aromatic N) is 2. The minimum absolute atomic E-state index is 0.403. The minimum atomic E-state index is 0.403. The lowest BCUT2D eigenvalue weighted by molar-refractivity contribution is 0.108.